The van der Waals surface area contributed by atoms with E-state index in [2.05, 4.69) is 0 Å². The summed E-state index contributed by atoms with van der Waals surface area (Å²) in [6, 6.07) is 4.72. The van der Waals surface area contributed by atoms with E-state index in [0.717, 1.165) is 12.1 Å². The lowest BCUT2D eigenvalue weighted by Gasteiger charge is -2.18. The Bertz CT molecular complexity index is 554. The van der Waals surface area contributed by atoms with Crippen LogP contribution >= 0.6 is 0 Å². The van der Waals surface area contributed by atoms with Gasteiger partial charge in [0.15, 0.2) is 0 Å². The van der Waals surface area contributed by atoms with Crippen LogP contribution in [0.5, 0.6) is 0 Å². The molecule has 0 aromatic heterocycles. The Balaban J connectivity index is 3.06. The summed E-state index contributed by atoms with van der Waals surface area (Å²) in [6.45, 7) is 1.77. The quantitative estimate of drug-likeness (QED) is 0.615. The minimum absolute atomic E-state index is 0.143. The zero-order valence-electron chi connectivity index (χ0n) is 10.5. The lowest BCUT2D eigenvalue weighted by atomic mass is 10.1. The highest BCUT2D eigenvalue weighted by molar-refractivity contribution is 5.98. The molecule has 1 aromatic rings. The molecule has 0 heterocycles. The minimum atomic E-state index is -0.808. The number of hydrogen-bond acceptors (Lipinski definition) is 4. The number of nitriles is 1. The Morgan fingerprint density at radius 3 is 2.79 bits per heavy atom. The molecular formula is C12H12FN3O3. The van der Waals surface area contributed by atoms with Crippen LogP contribution in [0.15, 0.2) is 18.2 Å². The van der Waals surface area contributed by atoms with E-state index in [0.29, 0.717) is 6.07 Å². The topological polar surface area (TPSA) is 87.2 Å². The number of rotatable bonds is 4. The first-order chi connectivity index (χ1) is 8.86. The van der Waals surface area contributed by atoms with Crippen molar-refractivity contribution in [2.24, 2.45) is 5.92 Å². The normalized spacial score (nSPS) is 11.5. The summed E-state index contributed by atoms with van der Waals surface area (Å²) < 4.78 is 13.0. The van der Waals surface area contributed by atoms with Crippen LogP contribution in [0.2, 0.25) is 0 Å². The third-order valence-electron chi connectivity index (χ3n) is 2.50. The van der Waals surface area contributed by atoms with Crippen LogP contribution in [0.1, 0.15) is 17.3 Å². The monoisotopic (exact) mass is 265 g/mol. The second-order valence-corrected chi connectivity index (χ2v) is 4.13. The number of amides is 1. The van der Waals surface area contributed by atoms with Gasteiger partial charge in [0.2, 0.25) is 0 Å². The van der Waals surface area contributed by atoms with E-state index in [1.807, 2.05) is 6.07 Å². The molecular weight excluding hydrogens is 253 g/mol. The van der Waals surface area contributed by atoms with Crippen molar-refractivity contribution in [3.05, 3.63) is 39.7 Å². The summed E-state index contributed by atoms with van der Waals surface area (Å²) in [4.78, 5) is 23.2. The molecule has 1 aromatic carbocycles. The van der Waals surface area contributed by atoms with E-state index in [1.54, 1.807) is 6.92 Å². The smallest absolute Gasteiger partial charge is 0.285 e. The summed E-state index contributed by atoms with van der Waals surface area (Å²) in [5.41, 5.74) is -0.777. The fraction of sp³-hybridized carbons (Fsp3) is 0.333. The van der Waals surface area contributed by atoms with Crippen LogP contribution in [-0.2, 0) is 0 Å². The summed E-state index contributed by atoms with van der Waals surface area (Å²) in [5, 5.41) is 19.5. The SMILES string of the molecule is CC(C#N)CN(C)C(=O)c1ccc(F)cc1[N+](=O)[O-]. The minimum Gasteiger partial charge on any atom is -0.340 e. The molecule has 1 unspecified atom stereocenters. The van der Waals surface area contributed by atoms with Gasteiger partial charge >= 0.3 is 0 Å². The van der Waals surface area contributed by atoms with Gasteiger partial charge in [0.05, 0.1) is 23.0 Å². The number of nitro benzene ring substituents is 1. The van der Waals surface area contributed by atoms with Gasteiger partial charge in [-0.3, -0.25) is 14.9 Å². The maximum atomic E-state index is 13.0. The van der Waals surface area contributed by atoms with Gasteiger partial charge in [-0.2, -0.15) is 5.26 Å². The second kappa shape index (κ2) is 5.91. The number of nitro groups is 1. The zero-order chi connectivity index (χ0) is 14.6. The number of benzene rings is 1. The highest BCUT2D eigenvalue weighted by atomic mass is 19.1. The average molecular weight is 265 g/mol. The molecule has 100 valence electrons. The van der Waals surface area contributed by atoms with Gasteiger partial charge in [0.1, 0.15) is 11.4 Å². The molecule has 0 spiro atoms. The Morgan fingerprint density at radius 1 is 1.63 bits per heavy atom. The lowest BCUT2D eigenvalue weighted by Crippen LogP contribution is -2.31. The fourth-order valence-electron chi connectivity index (χ4n) is 1.58. The first-order valence-corrected chi connectivity index (χ1v) is 5.45. The maximum absolute atomic E-state index is 13.0. The molecule has 0 saturated carbocycles. The Hall–Kier alpha value is -2.49. The Morgan fingerprint density at radius 2 is 2.26 bits per heavy atom. The molecule has 1 amide bonds. The summed E-state index contributed by atoms with van der Waals surface area (Å²) in [6.07, 6.45) is 0. The van der Waals surface area contributed by atoms with E-state index >= 15 is 0 Å². The molecule has 7 heteroatoms. The molecule has 0 aliphatic heterocycles. The van der Waals surface area contributed by atoms with Crippen LogP contribution in [0.3, 0.4) is 0 Å². The second-order valence-electron chi connectivity index (χ2n) is 4.13. The van der Waals surface area contributed by atoms with E-state index < -0.39 is 28.3 Å². The van der Waals surface area contributed by atoms with Gasteiger partial charge in [-0.15, -0.1) is 0 Å². The number of carbonyl (C=O) groups excluding carboxylic acids is 1. The van der Waals surface area contributed by atoms with Crippen LogP contribution in [0, 0.1) is 33.2 Å². The Labute approximate surface area is 109 Å². The van der Waals surface area contributed by atoms with Crippen molar-refractivity contribution < 1.29 is 14.1 Å². The highest BCUT2D eigenvalue weighted by Crippen LogP contribution is 2.21. The maximum Gasteiger partial charge on any atom is 0.285 e. The van der Waals surface area contributed by atoms with E-state index in [4.69, 9.17) is 5.26 Å². The van der Waals surface area contributed by atoms with E-state index in [-0.39, 0.29) is 12.1 Å². The molecule has 0 N–H and O–H groups in total. The van der Waals surface area contributed by atoms with Gasteiger partial charge in [0.25, 0.3) is 11.6 Å². The lowest BCUT2D eigenvalue weighted by molar-refractivity contribution is -0.385. The summed E-state index contributed by atoms with van der Waals surface area (Å²) in [7, 11) is 1.43. The zero-order valence-corrected chi connectivity index (χ0v) is 10.5. The fourth-order valence-corrected chi connectivity index (χ4v) is 1.58. The molecule has 1 atom stereocenters. The number of carbonyl (C=O) groups is 1. The number of nitrogens with zero attached hydrogens (tertiary/aromatic N) is 3. The van der Waals surface area contributed by atoms with Crippen LogP contribution in [0.4, 0.5) is 10.1 Å². The predicted molar refractivity (Wildman–Crippen MR) is 64.8 cm³/mol. The third kappa shape index (κ3) is 3.48. The van der Waals surface area contributed by atoms with Crippen molar-refractivity contribution in [1.82, 2.24) is 4.90 Å². The molecule has 0 fully saturated rings. The van der Waals surface area contributed by atoms with Crippen molar-refractivity contribution in [3.63, 3.8) is 0 Å². The van der Waals surface area contributed by atoms with E-state index in [9.17, 15) is 19.3 Å². The van der Waals surface area contributed by atoms with Gasteiger partial charge < -0.3 is 4.90 Å². The van der Waals surface area contributed by atoms with E-state index in [1.165, 1.54) is 11.9 Å². The summed E-state index contributed by atoms with van der Waals surface area (Å²) >= 11 is 0. The van der Waals surface area contributed by atoms with Gasteiger partial charge in [-0.25, -0.2) is 4.39 Å². The van der Waals surface area contributed by atoms with Crippen LogP contribution < -0.4 is 0 Å². The molecule has 0 aliphatic rings. The molecule has 19 heavy (non-hydrogen) atoms. The van der Waals surface area contributed by atoms with Crippen LogP contribution in [0.25, 0.3) is 0 Å². The molecule has 1 rings (SSSR count). The van der Waals surface area contributed by atoms with Crippen LogP contribution in [-0.4, -0.2) is 29.3 Å². The Kier molecular flexibility index (Phi) is 4.53. The average Bonchev–Trinajstić information content (AvgIpc) is 2.37. The number of halogens is 1. The third-order valence-corrected chi connectivity index (χ3v) is 2.50. The molecule has 6 nitrogen and oxygen atoms in total. The van der Waals surface area contributed by atoms with Crippen molar-refractivity contribution in [2.75, 3.05) is 13.6 Å². The summed E-state index contributed by atoms with van der Waals surface area (Å²) in [5.74, 6) is -1.79. The highest BCUT2D eigenvalue weighted by Gasteiger charge is 2.24. The van der Waals surface area contributed by atoms with Crippen molar-refractivity contribution >= 4 is 11.6 Å². The van der Waals surface area contributed by atoms with Crippen molar-refractivity contribution in [3.8, 4) is 6.07 Å². The molecule has 0 saturated heterocycles. The molecule has 0 aliphatic carbocycles. The largest absolute Gasteiger partial charge is 0.340 e. The molecule has 0 bridgehead atoms. The standard InChI is InChI=1S/C12H12FN3O3/c1-8(6-14)7-15(2)12(17)10-4-3-9(13)5-11(10)16(18)19/h3-5,8H,7H2,1-2H3. The first-order valence-electron chi connectivity index (χ1n) is 5.45. The first kappa shape index (κ1) is 14.6. The van der Waals surface area contributed by atoms with Gasteiger partial charge in [-0.1, -0.05) is 0 Å². The predicted octanol–water partition coefficient (Wildman–Crippen LogP) is 1.97. The van der Waals surface area contributed by atoms with Gasteiger partial charge in [0, 0.05) is 13.6 Å². The number of hydrogen-bond donors (Lipinski definition) is 0. The molecule has 0 radical (unpaired) electrons. The van der Waals surface area contributed by atoms with Gasteiger partial charge in [-0.05, 0) is 19.1 Å². The van der Waals surface area contributed by atoms with Crippen molar-refractivity contribution in [2.45, 2.75) is 6.92 Å². The van der Waals surface area contributed by atoms with Crippen molar-refractivity contribution in [1.29, 1.82) is 5.26 Å².